The molecule has 0 fully saturated rings. The lowest BCUT2D eigenvalue weighted by molar-refractivity contribution is -0.384. The third-order valence-corrected chi connectivity index (χ3v) is 6.95. The van der Waals surface area contributed by atoms with Gasteiger partial charge >= 0.3 is 0 Å². The molecule has 1 amide bonds. The Hall–Kier alpha value is -4.08. The van der Waals surface area contributed by atoms with Gasteiger partial charge in [0.2, 0.25) is 5.91 Å². The van der Waals surface area contributed by atoms with Crippen molar-refractivity contribution in [1.82, 2.24) is 0 Å². The number of nitro groups is 1. The van der Waals surface area contributed by atoms with Crippen molar-refractivity contribution in [2.75, 3.05) is 43.6 Å². The summed E-state index contributed by atoms with van der Waals surface area (Å²) in [5.74, 6) is 0.421. The first-order chi connectivity index (χ1) is 20.8. The molecule has 2 aromatic rings. The number of nitriles is 1. The highest BCUT2D eigenvalue weighted by Gasteiger charge is 2.21. The fourth-order valence-corrected chi connectivity index (χ4v) is 5.16. The number of hydrogen-bond acceptors (Lipinski definition) is 10. The molecular weight excluding hydrogens is 564 g/mol. The maximum absolute atomic E-state index is 13.3. The molecule has 0 radical (unpaired) electrons. The molecule has 0 aliphatic rings. The van der Waals surface area contributed by atoms with Crippen LogP contribution in [0.1, 0.15) is 77.3 Å². The molecule has 2 aromatic carbocycles. The van der Waals surface area contributed by atoms with Crippen molar-refractivity contribution in [3.63, 3.8) is 0 Å². The molecule has 0 heterocycles. The predicted molar refractivity (Wildman–Crippen MR) is 171 cm³/mol. The molecule has 3 N–H and O–H groups in total. The van der Waals surface area contributed by atoms with E-state index < -0.39 is 4.92 Å². The van der Waals surface area contributed by atoms with Gasteiger partial charge in [-0.05, 0) is 62.0 Å². The van der Waals surface area contributed by atoms with Crippen LogP contribution in [0.2, 0.25) is 0 Å². The zero-order valence-corrected chi connectivity index (χ0v) is 26.7. The number of aliphatic hydroxyl groups is 2. The molecule has 240 valence electrons. The number of rotatable bonds is 17. The number of ether oxygens (including phenoxy) is 1. The number of carbonyl (C=O) groups is 1. The van der Waals surface area contributed by atoms with Crippen molar-refractivity contribution in [3.05, 3.63) is 45.5 Å². The van der Waals surface area contributed by atoms with Crippen LogP contribution >= 0.6 is 0 Å². The average Bonchev–Trinajstić information content (AvgIpc) is 2.94. The minimum atomic E-state index is -0.570. The number of non-ortho nitro benzene ring substituents is 1. The minimum Gasteiger partial charge on any atom is -0.494 e. The third kappa shape index (κ3) is 11.2. The third-order valence-electron chi connectivity index (χ3n) is 6.95. The van der Waals surface area contributed by atoms with Gasteiger partial charge < -0.3 is 25.2 Å². The van der Waals surface area contributed by atoms with Crippen LogP contribution in [-0.2, 0) is 4.79 Å². The lowest BCUT2D eigenvalue weighted by Crippen LogP contribution is -2.27. The standard InChI is InChI=1S/C32H46N6O6/c1-22(20-32(3,4)5)15-30(41)34-26-18-28(37(11-7-9-13-39)12-8-10-14-40)29(44-6)19-27(26)35-36-31-23(2)16-25(38(42)43)17-24(31)21-33/h16-19,22,39-40H,7-15,20H2,1-6H3,(H,34,41). The highest BCUT2D eigenvalue weighted by atomic mass is 16.6. The summed E-state index contributed by atoms with van der Waals surface area (Å²) in [6, 6.07) is 7.88. The Bertz CT molecular complexity index is 1340. The molecule has 12 heteroatoms. The summed E-state index contributed by atoms with van der Waals surface area (Å²) >= 11 is 0. The van der Waals surface area contributed by atoms with Crippen molar-refractivity contribution >= 4 is 34.3 Å². The summed E-state index contributed by atoms with van der Waals surface area (Å²) in [7, 11) is 1.53. The summed E-state index contributed by atoms with van der Waals surface area (Å²) < 4.78 is 5.74. The highest BCUT2D eigenvalue weighted by Crippen LogP contribution is 2.41. The number of nitro benzene ring substituents is 1. The molecular formula is C32H46N6O6. The molecule has 0 aliphatic carbocycles. The second-order valence-electron chi connectivity index (χ2n) is 12.2. The van der Waals surface area contributed by atoms with Gasteiger partial charge in [-0.25, -0.2) is 0 Å². The van der Waals surface area contributed by atoms with E-state index in [1.54, 1.807) is 19.1 Å². The average molecular weight is 611 g/mol. The van der Waals surface area contributed by atoms with Crippen LogP contribution < -0.4 is 15.0 Å². The number of unbranched alkanes of at least 4 members (excludes halogenated alkanes) is 2. The molecule has 44 heavy (non-hydrogen) atoms. The largest absolute Gasteiger partial charge is 0.494 e. The van der Waals surface area contributed by atoms with E-state index in [4.69, 9.17) is 4.74 Å². The number of benzene rings is 2. The Morgan fingerprint density at radius 2 is 1.75 bits per heavy atom. The minimum absolute atomic E-state index is 0.00423. The van der Waals surface area contributed by atoms with Gasteiger partial charge in [0, 0.05) is 50.9 Å². The monoisotopic (exact) mass is 610 g/mol. The van der Waals surface area contributed by atoms with Gasteiger partial charge in [0.1, 0.15) is 23.2 Å². The Balaban J connectivity index is 2.62. The lowest BCUT2D eigenvalue weighted by atomic mass is 9.84. The number of aliphatic hydroxyl groups excluding tert-OH is 2. The van der Waals surface area contributed by atoms with Crippen LogP contribution in [0, 0.1) is 39.7 Å². The van der Waals surface area contributed by atoms with Crippen LogP contribution in [0.5, 0.6) is 5.75 Å². The second kappa shape index (κ2) is 17.3. The number of methoxy groups -OCH3 is 1. The molecule has 0 spiro atoms. The van der Waals surface area contributed by atoms with E-state index >= 15 is 0 Å². The first kappa shape index (κ1) is 36.1. The van der Waals surface area contributed by atoms with Gasteiger partial charge in [-0.3, -0.25) is 14.9 Å². The molecule has 12 nitrogen and oxygen atoms in total. The van der Waals surface area contributed by atoms with E-state index in [-0.39, 0.29) is 53.1 Å². The maximum atomic E-state index is 13.3. The van der Waals surface area contributed by atoms with E-state index in [1.165, 1.54) is 13.2 Å². The quantitative estimate of drug-likeness (QED) is 0.0746. The lowest BCUT2D eigenvalue weighted by Gasteiger charge is -2.28. The van der Waals surface area contributed by atoms with E-state index in [0.717, 1.165) is 25.3 Å². The molecule has 0 aromatic heterocycles. The molecule has 0 bridgehead atoms. The predicted octanol–water partition coefficient (Wildman–Crippen LogP) is 6.95. The van der Waals surface area contributed by atoms with E-state index in [1.807, 2.05) is 13.0 Å². The number of azo groups is 1. The van der Waals surface area contributed by atoms with E-state index in [9.17, 15) is 30.4 Å². The number of nitrogens with one attached hydrogen (secondary N) is 1. The van der Waals surface area contributed by atoms with Gasteiger partial charge in [-0.2, -0.15) is 5.26 Å². The number of hydrogen-bond donors (Lipinski definition) is 3. The van der Waals surface area contributed by atoms with Gasteiger partial charge in [0.15, 0.2) is 0 Å². The van der Waals surface area contributed by atoms with E-state index in [2.05, 4.69) is 41.2 Å². The summed E-state index contributed by atoms with van der Waals surface area (Å²) in [6.45, 7) is 11.4. The van der Waals surface area contributed by atoms with Gasteiger partial charge in [0.25, 0.3) is 5.69 Å². The van der Waals surface area contributed by atoms with Gasteiger partial charge in [-0.1, -0.05) is 27.7 Å². The summed E-state index contributed by atoms with van der Waals surface area (Å²) in [6.07, 6.45) is 3.85. The smallest absolute Gasteiger partial charge is 0.271 e. The van der Waals surface area contributed by atoms with Gasteiger partial charge in [-0.15, -0.1) is 10.2 Å². The maximum Gasteiger partial charge on any atom is 0.271 e. The Kier molecular flexibility index (Phi) is 14.2. The highest BCUT2D eigenvalue weighted by molar-refractivity contribution is 5.95. The van der Waals surface area contributed by atoms with Gasteiger partial charge in [0.05, 0.1) is 29.0 Å². The number of aryl methyl sites for hydroxylation is 1. The molecule has 1 unspecified atom stereocenters. The van der Waals surface area contributed by atoms with Crippen LogP contribution in [0.15, 0.2) is 34.5 Å². The van der Waals surface area contributed by atoms with E-state index in [0.29, 0.717) is 55.0 Å². The number of carbonyl (C=O) groups excluding carboxylic acids is 1. The van der Waals surface area contributed by atoms with Crippen LogP contribution in [-0.4, -0.2) is 54.5 Å². The fraction of sp³-hybridized carbons (Fsp3) is 0.562. The molecule has 0 saturated heterocycles. The van der Waals surface area contributed by atoms with Crippen molar-refractivity contribution in [2.24, 2.45) is 21.6 Å². The summed E-state index contributed by atoms with van der Waals surface area (Å²) in [5.41, 5.74) is 1.84. The molecule has 0 saturated carbocycles. The SMILES string of the molecule is COc1cc(N=Nc2c(C)cc([N+](=O)[O-])cc2C#N)c(NC(=O)CC(C)CC(C)(C)C)cc1N(CCCCO)CCCCO. The molecule has 2 rings (SSSR count). The Morgan fingerprint density at radius 1 is 1.11 bits per heavy atom. The second-order valence-corrected chi connectivity index (χ2v) is 12.2. The van der Waals surface area contributed by atoms with Crippen LogP contribution in [0.25, 0.3) is 0 Å². The fourth-order valence-electron chi connectivity index (χ4n) is 5.16. The van der Waals surface area contributed by atoms with Crippen molar-refractivity contribution in [2.45, 2.75) is 73.1 Å². The zero-order chi connectivity index (χ0) is 32.9. The van der Waals surface area contributed by atoms with Crippen molar-refractivity contribution in [1.29, 1.82) is 5.26 Å². The zero-order valence-electron chi connectivity index (χ0n) is 26.7. The topological polar surface area (TPSA) is 174 Å². The Morgan fingerprint density at radius 3 is 2.27 bits per heavy atom. The molecule has 0 aliphatic heterocycles. The molecule has 1 atom stereocenters. The summed E-state index contributed by atoms with van der Waals surface area (Å²) in [4.78, 5) is 26.1. The van der Waals surface area contributed by atoms with Crippen LogP contribution in [0.3, 0.4) is 0 Å². The number of anilines is 2. The van der Waals surface area contributed by atoms with Crippen molar-refractivity contribution < 1.29 is 24.7 Å². The first-order valence-corrected chi connectivity index (χ1v) is 14.9. The Labute approximate surface area is 259 Å². The van der Waals surface area contributed by atoms with Crippen molar-refractivity contribution in [3.8, 4) is 11.8 Å². The number of amides is 1. The van der Waals surface area contributed by atoms with Crippen LogP contribution in [0.4, 0.5) is 28.4 Å². The summed E-state index contributed by atoms with van der Waals surface area (Å²) in [5, 5.41) is 51.3. The first-order valence-electron chi connectivity index (χ1n) is 14.9. The number of nitrogens with zero attached hydrogens (tertiary/aromatic N) is 5. The normalized spacial score (nSPS) is 12.2.